The molecule has 4 nitrogen and oxygen atoms in total. The average Bonchev–Trinajstić information content (AvgIpc) is 2.47. The second-order valence-electron chi connectivity index (χ2n) is 5.27. The summed E-state index contributed by atoms with van der Waals surface area (Å²) in [5.41, 5.74) is -0.521. The van der Waals surface area contributed by atoms with Crippen LogP contribution in [-0.4, -0.2) is 37.0 Å². The molecule has 0 bridgehead atoms. The third-order valence-corrected chi connectivity index (χ3v) is 2.57. The van der Waals surface area contributed by atoms with Gasteiger partial charge in [0.15, 0.2) is 0 Å². The summed E-state index contributed by atoms with van der Waals surface area (Å²) in [6, 6.07) is -0.222. The molecule has 3 unspecified atom stereocenters. The fraction of sp³-hybridized carbons (Fsp3) is 0.909. The summed E-state index contributed by atoms with van der Waals surface area (Å²) in [6.07, 6.45) is -1.39. The maximum Gasteiger partial charge on any atom is 0.407 e. The summed E-state index contributed by atoms with van der Waals surface area (Å²) < 4.78 is 18.5. The van der Waals surface area contributed by atoms with Crippen molar-refractivity contribution in [1.82, 2.24) is 10.6 Å². The Hall–Kier alpha value is -0.840. The van der Waals surface area contributed by atoms with Crippen molar-refractivity contribution in [1.29, 1.82) is 0 Å². The summed E-state index contributed by atoms with van der Waals surface area (Å²) in [6.45, 7) is 8.16. The van der Waals surface area contributed by atoms with Crippen LogP contribution in [0.15, 0.2) is 0 Å². The summed E-state index contributed by atoms with van der Waals surface area (Å²) in [5, 5.41) is 5.62. The molecule has 16 heavy (non-hydrogen) atoms. The number of alkyl carbamates (subject to hydrolysis) is 1. The van der Waals surface area contributed by atoms with Crippen molar-refractivity contribution >= 4 is 6.09 Å². The van der Waals surface area contributed by atoms with Gasteiger partial charge >= 0.3 is 6.09 Å². The lowest BCUT2D eigenvalue weighted by atomic mass is 9.99. The minimum atomic E-state index is -0.898. The molecule has 1 aliphatic heterocycles. The number of carbonyl (C=O) groups is 1. The fourth-order valence-electron chi connectivity index (χ4n) is 1.76. The SMILES string of the molecule is CC(NC(=O)OC(C)(C)C)C1CNCC1F. The molecule has 1 rings (SSSR count). The van der Waals surface area contributed by atoms with E-state index >= 15 is 0 Å². The molecule has 3 atom stereocenters. The molecule has 1 fully saturated rings. The third kappa shape index (κ3) is 3.96. The first-order chi connectivity index (χ1) is 7.29. The van der Waals surface area contributed by atoms with E-state index < -0.39 is 17.9 Å². The summed E-state index contributed by atoms with van der Waals surface area (Å²) in [4.78, 5) is 11.5. The van der Waals surface area contributed by atoms with E-state index in [0.717, 1.165) is 0 Å². The summed E-state index contributed by atoms with van der Waals surface area (Å²) in [5.74, 6) is -0.174. The van der Waals surface area contributed by atoms with Gasteiger partial charge < -0.3 is 15.4 Å². The smallest absolute Gasteiger partial charge is 0.407 e. The van der Waals surface area contributed by atoms with Gasteiger partial charge in [-0.15, -0.1) is 0 Å². The van der Waals surface area contributed by atoms with Gasteiger partial charge in [-0.05, 0) is 27.7 Å². The number of rotatable bonds is 2. The highest BCUT2D eigenvalue weighted by molar-refractivity contribution is 5.68. The molecular weight excluding hydrogens is 211 g/mol. The zero-order chi connectivity index (χ0) is 12.3. The van der Waals surface area contributed by atoms with Crippen LogP contribution in [0.2, 0.25) is 0 Å². The van der Waals surface area contributed by atoms with E-state index in [9.17, 15) is 9.18 Å². The Balaban J connectivity index is 2.39. The highest BCUT2D eigenvalue weighted by Gasteiger charge is 2.32. The van der Waals surface area contributed by atoms with E-state index in [-0.39, 0.29) is 12.0 Å². The van der Waals surface area contributed by atoms with Crippen molar-refractivity contribution in [2.24, 2.45) is 5.92 Å². The average molecular weight is 232 g/mol. The highest BCUT2D eigenvalue weighted by atomic mass is 19.1. The molecule has 0 aromatic carbocycles. The molecule has 0 spiro atoms. The van der Waals surface area contributed by atoms with Gasteiger partial charge in [0.1, 0.15) is 11.8 Å². The molecule has 0 aliphatic carbocycles. The fourth-order valence-corrected chi connectivity index (χ4v) is 1.76. The monoisotopic (exact) mass is 232 g/mol. The number of hydrogen-bond donors (Lipinski definition) is 2. The molecule has 1 aliphatic rings. The summed E-state index contributed by atoms with van der Waals surface area (Å²) in [7, 11) is 0. The van der Waals surface area contributed by atoms with Crippen LogP contribution in [0.1, 0.15) is 27.7 Å². The van der Waals surface area contributed by atoms with Crippen molar-refractivity contribution < 1.29 is 13.9 Å². The molecule has 0 aromatic heterocycles. The van der Waals surface area contributed by atoms with Crippen LogP contribution in [0.25, 0.3) is 0 Å². The van der Waals surface area contributed by atoms with Gasteiger partial charge in [0.05, 0.1) is 0 Å². The van der Waals surface area contributed by atoms with Gasteiger partial charge in [-0.25, -0.2) is 9.18 Å². The second kappa shape index (κ2) is 4.99. The molecule has 1 heterocycles. The molecule has 0 radical (unpaired) electrons. The van der Waals surface area contributed by atoms with E-state index in [1.54, 1.807) is 27.7 Å². The molecular formula is C11H21FN2O2. The first-order valence-electron chi connectivity index (χ1n) is 5.64. The van der Waals surface area contributed by atoms with Crippen LogP contribution >= 0.6 is 0 Å². The maximum atomic E-state index is 13.4. The van der Waals surface area contributed by atoms with Crippen molar-refractivity contribution in [3.63, 3.8) is 0 Å². The zero-order valence-electron chi connectivity index (χ0n) is 10.3. The van der Waals surface area contributed by atoms with E-state index in [1.807, 2.05) is 0 Å². The molecule has 94 valence electrons. The number of nitrogens with one attached hydrogen (secondary N) is 2. The lowest BCUT2D eigenvalue weighted by Crippen LogP contribution is -2.43. The van der Waals surface area contributed by atoms with Crippen LogP contribution < -0.4 is 10.6 Å². The van der Waals surface area contributed by atoms with Crippen LogP contribution in [0.4, 0.5) is 9.18 Å². The van der Waals surface area contributed by atoms with Crippen LogP contribution in [-0.2, 0) is 4.74 Å². The van der Waals surface area contributed by atoms with E-state index in [0.29, 0.717) is 13.1 Å². The summed E-state index contributed by atoms with van der Waals surface area (Å²) >= 11 is 0. The van der Waals surface area contributed by atoms with Gasteiger partial charge in [-0.3, -0.25) is 0 Å². The number of carbonyl (C=O) groups excluding carboxylic acids is 1. The Morgan fingerprint density at radius 2 is 2.12 bits per heavy atom. The van der Waals surface area contributed by atoms with Gasteiger partial charge in [-0.2, -0.15) is 0 Å². The van der Waals surface area contributed by atoms with Crippen molar-refractivity contribution in [3.05, 3.63) is 0 Å². The number of halogens is 1. The van der Waals surface area contributed by atoms with E-state index in [2.05, 4.69) is 10.6 Å². The van der Waals surface area contributed by atoms with Gasteiger partial charge in [0.25, 0.3) is 0 Å². The Labute approximate surface area is 95.9 Å². The lowest BCUT2D eigenvalue weighted by Gasteiger charge is -2.25. The predicted octanol–water partition coefficient (Wildman–Crippen LogP) is 1.46. The Morgan fingerprint density at radius 3 is 2.56 bits per heavy atom. The van der Waals surface area contributed by atoms with E-state index in [4.69, 9.17) is 4.74 Å². The highest BCUT2D eigenvalue weighted by Crippen LogP contribution is 2.17. The van der Waals surface area contributed by atoms with E-state index in [1.165, 1.54) is 0 Å². The second-order valence-corrected chi connectivity index (χ2v) is 5.27. The molecule has 5 heteroatoms. The standard InChI is InChI=1S/C11H21FN2O2/c1-7(8-5-13-6-9(8)12)14-10(15)16-11(2,3)4/h7-9,13H,5-6H2,1-4H3,(H,14,15). The van der Waals surface area contributed by atoms with Crippen molar-refractivity contribution in [2.45, 2.75) is 45.5 Å². The van der Waals surface area contributed by atoms with Crippen LogP contribution in [0.5, 0.6) is 0 Å². The predicted molar refractivity (Wildman–Crippen MR) is 60.1 cm³/mol. The molecule has 1 saturated heterocycles. The third-order valence-electron chi connectivity index (χ3n) is 2.57. The van der Waals surface area contributed by atoms with Crippen LogP contribution in [0.3, 0.4) is 0 Å². The van der Waals surface area contributed by atoms with Crippen molar-refractivity contribution in [2.75, 3.05) is 13.1 Å². The normalized spacial score (nSPS) is 27.6. The lowest BCUT2D eigenvalue weighted by molar-refractivity contribution is 0.0484. The van der Waals surface area contributed by atoms with Crippen molar-refractivity contribution in [3.8, 4) is 0 Å². The first-order valence-corrected chi connectivity index (χ1v) is 5.64. The molecule has 1 amide bonds. The molecule has 0 aromatic rings. The first kappa shape index (κ1) is 13.2. The Morgan fingerprint density at radius 1 is 1.50 bits per heavy atom. The zero-order valence-corrected chi connectivity index (χ0v) is 10.3. The minimum Gasteiger partial charge on any atom is -0.444 e. The van der Waals surface area contributed by atoms with Gasteiger partial charge in [-0.1, -0.05) is 0 Å². The number of alkyl halides is 1. The van der Waals surface area contributed by atoms with Gasteiger partial charge in [0, 0.05) is 25.0 Å². The Kier molecular flexibility index (Phi) is 4.13. The number of hydrogen-bond acceptors (Lipinski definition) is 3. The van der Waals surface area contributed by atoms with Crippen LogP contribution in [0, 0.1) is 5.92 Å². The molecule has 2 N–H and O–H groups in total. The topological polar surface area (TPSA) is 50.4 Å². The number of ether oxygens (including phenoxy) is 1. The van der Waals surface area contributed by atoms with Gasteiger partial charge in [0.2, 0.25) is 0 Å². The number of amides is 1. The molecule has 0 saturated carbocycles. The quantitative estimate of drug-likeness (QED) is 0.757. The Bertz CT molecular complexity index is 253. The minimum absolute atomic E-state index is 0.174. The largest absolute Gasteiger partial charge is 0.444 e. The maximum absolute atomic E-state index is 13.4.